The second-order valence-electron chi connectivity index (χ2n) is 5.30. The van der Waals surface area contributed by atoms with E-state index >= 15 is 0 Å². The first kappa shape index (κ1) is 13.0. The second-order valence-corrected chi connectivity index (χ2v) is 5.30. The molecule has 1 aliphatic rings. The average Bonchev–Trinajstić information content (AvgIpc) is 2.97. The Hall–Kier alpha value is -2.73. The molecule has 0 radical (unpaired) electrons. The van der Waals surface area contributed by atoms with Gasteiger partial charge in [-0.2, -0.15) is 0 Å². The van der Waals surface area contributed by atoms with Crippen molar-refractivity contribution in [3.63, 3.8) is 0 Å². The van der Waals surface area contributed by atoms with Gasteiger partial charge in [-0.05, 0) is 12.1 Å². The molecule has 0 saturated heterocycles. The van der Waals surface area contributed by atoms with Gasteiger partial charge in [0.05, 0.1) is 11.2 Å². The predicted octanol–water partition coefficient (Wildman–Crippen LogP) is 1.90. The maximum Gasteiger partial charge on any atom is 0.327 e. The lowest BCUT2D eigenvalue weighted by Gasteiger charge is -2.18. The van der Waals surface area contributed by atoms with Gasteiger partial charge in [0.15, 0.2) is 6.04 Å². The highest BCUT2D eigenvalue weighted by Crippen LogP contribution is 2.29. The van der Waals surface area contributed by atoms with E-state index in [1.165, 1.54) is 0 Å². The number of hydrogen-bond donors (Lipinski definition) is 3. The number of carbonyl (C=O) groups is 1. The van der Waals surface area contributed by atoms with Gasteiger partial charge in [0.25, 0.3) is 0 Å². The van der Waals surface area contributed by atoms with Crippen LogP contribution in [0.2, 0.25) is 0 Å². The largest absolute Gasteiger partial charge is 0.480 e. The number of aliphatic carboxylic acids is 1. The van der Waals surface area contributed by atoms with Gasteiger partial charge >= 0.3 is 5.97 Å². The topological polar surface area (TPSA) is 90.9 Å². The highest BCUT2D eigenvalue weighted by molar-refractivity contribution is 5.92. The minimum Gasteiger partial charge on any atom is -0.480 e. The third-order valence-electron chi connectivity index (χ3n) is 3.96. The number of fused-ring (bicyclic) bond motifs is 2. The maximum absolute atomic E-state index is 11.3. The van der Waals surface area contributed by atoms with Crippen LogP contribution < -0.4 is 5.32 Å². The zero-order chi connectivity index (χ0) is 15.1. The Morgan fingerprint density at radius 3 is 3.05 bits per heavy atom. The first-order chi connectivity index (χ1) is 10.7. The summed E-state index contributed by atoms with van der Waals surface area (Å²) in [5.74, 6) is -0.211. The molecule has 2 aromatic heterocycles. The zero-order valence-electron chi connectivity index (χ0n) is 11.7. The molecule has 1 aliphatic heterocycles. The molecule has 3 N–H and O–H groups in total. The molecule has 4 rings (SSSR count). The molecule has 0 saturated carbocycles. The molecule has 6 nitrogen and oxygen atoms in total. The van der Waals surface area contributed by atoms with E-state index in [0.29, 0.717) is 18.1 Å². The Bertz CT molecular complexity index is 866. The summed E-state index contributed by atoms with van der Waals surface area (Å²) < 4.78 is 0. The minimum absolute atomic E-state index is 0.578. The van der Waals surface area contributed by atoms with E-state index in [1.807, 2.05) is 30.3 Å². The summed E-state index contributed by atoms with van der Waals surface area (Å²) in [7, 11) is 0. The van der Waals surface area contributed by atoms with Gasteiger partial charge < -0.3 is 10.1 Å². The number of nitrogens with zero attached hydrogens (tertiary/aromatic N) is 2. The smallest absolute Gasteiger partial charge is 0.327 e. The molecule has 1 unspecified atom stereocenters. The molecule has 110 valence electrons. The van der Waals surface area contributed by atoms with Crippen molar-refractivity contribution in [2.75, 3.05) is 6.54 Å². The van der Waals surface area contributed by atoms with Crippen LogP contribution in [0.1, 0.15) is 17.4 Å². The first-order valence-corrected chi connectivity index (χ1v) is 7.13. The standard InChI is InChI=1S/C16H14N4O2/c21-16(22)14-13-12(6-8-18-14)19-15(20-13)10-3-1-5-11-9(10)4-2-7-17-11/h1-5,7,14,18H,6,8H2,(H,19,20)(H,21,22). The molecule has 0 spiro atoms. The molecule has 22 heavy (non-hydrogen) atoms. The van der Waals surface area contributed by atoms with Gasteiger partial charge in [-0.3, -0.25) is 15.1 Å². The monoisotopic (exact) mass is 294 g/mol. The van der Waals surface area contributed by atoms with E-state index in [1.54, 1.807) is 6.20 Å². The number of pyridine rings is 1. The fourth-order valence-electron chi connectivity index (χ4n) is 2.93. The first-order valence-electron chi connectivity index (χ1n) is 7.13. The summed E-state index contributed by atoms with van der Waals surface area (Å²) in [5, 5.41) is 13.3. The van der Waals surface area contributed by atoms with E-state index < -0.39 is 12.0 Å². The number of benzene rings is 1. The fourth-order valence-corrected chi connectivity index (χ4v) is 2.93. The van der Waals surface area contributed by atoms with Crippen LogP contribution in [0, 0.1) is 0 Å². The molecule has 0 bridgehead atoms. The van der Waals surface area contributed by atoms with Crippen LogP contribution in [0.5, 0.6) is 0 Å². The number of H-pyrrole nitrogens is 1. The van der Waals surface area contributed by atoms with Crippen LogP contribution >= 0.6 is 0 Å². The van der Waals surface area contributed by atoms with Gasteiger partial charge in [-0.25, -0.2) is 4.98 Å². The van der Waals surface area contributed by atoms with E-state index in [9.17, 15) is 9.90 Å². The van der Waals surface area contributed by atoms with E-state index in [0.717, 1.165) is 28.6 Å². The minimum atomic E-state index is -0.904. The number of nitrogens with one attached hydrogen (secondary N) is 2. The van der Waals surface area contributed by atoms with Crippen LogP contribution in [0.15, 0.2) is 36.5 Å². The number of aromatic nitrogens is 3. The summed E-state index contributed by atoms with van der Waals surface area (Å²) in [5.41, 5.74) is 3.29. The van der Waals surface area contributed by atoms with E-state index in [4.69, 9.17) is 0 Å². The Morgan fingerprint density at radius 1 is 1.27 bits per heavy atom. The average molecular weight is 294 g/mol. The van der Waals surface area contributed by atoms with Crippen molar-refractivity contribution in [1.82, 2.24) is 20.3 Å². The third kappa shape index (κ3) is 1.96. The van der Waals surface area contributed by atoms with Crippen molar-refractivity contribution >= 4 is 16.9 Å². The number of imidazole rings is 1. The molecule has 1 aromatic carbocycles. The summed E-state index contributed by atoms with van der Waals surface area (Å²) in [6.07, 6.45) is 2.50. The molecule has 0 aliphatic carbocycles. The quantitative estimate of drug-likeness (QED) is 0.671. The van der Waals surface area contributed by atoms with E-state index in [-0.39, 0.29) is 0 Å². The third-order valence-corrected chi connectivity index (χ3v) is 3.96. The summed E-state index contributed by atoms with van der Waals surface area (Å²) in [6.45, 7) is 0.628. The van der Waals surface area contributed by atoms with Crippen molar-refractivity contribution in [1.29, 1.82) is 0 Å². The lowest BCUT2D eigenvalue weighted by molar-refractivity contribution is -0.139. The second kappa shape index (κ2) is 4.92. The van der Waals surface area contributed by atoms with Crippen LogP contribution in [0.3, 0.4) is 0 Å². The van der Waals surface area contributed by atoms with Gasteiger partial charge in [0.2, 0.25) is 0 Å². The van der Waals surface area contributed by atoms with Crippen LogP contribution in [0.25, 0.3) is 22.3 Å². The predicted molar refractivity (Wildman–Crippen MR) is 81.4 cm³/mol. The van der Waals surface area contributed by atoms with Crippen LogP contribution in [-0.2, 0) is 11.2 Å². The molecule has 0 fully saturated rings. The molecule has 0 amide bonds. The molecular formula is C16H14N4O2. The van der Waals surface area contributed by atoms with Crippen LogP contribution in [-0.4, -0.2) is 32.6 Å². The fraction of sp³-hybridized carbons (Fsp3) is 0.188. The summed E-state index contributed by atoms with van der Waals surface area (Å²) >= 11 is 0. The number of carboxylic acids is 1. The van der Waals surface area contributed by atoms with Gasteiger partial charge in [-0.15, -0.1) is 0 Å². The number of aromatic amines is 1. The molecule has 1 atom stereocenters. The number of hydrogen-bond acceptors (Lipinski definition) is 4. The highest BCUT2D eigenvalue weighted by atomic mass is 16.4. The Labute approximate surface area is 126 Å². The molecule has 6 heteroatoms. The Morgan fingerprint density at radius 2 is 2.18 bits per heavy atom. The van der Waals surface area contributed by atoms with Gasteiger partial charge in [-0.1, -0.05) is 18.2 Å². The number of rotatable bonds is 2. The van der Waals surface area contributed by atoms with Crippen molar-refractivity contribution in [3.05, 3.63) is 47.9 Å². The van der Waals surface area contributed by atoms with Gasteiger partial charge in [0, 0.05) is 35.8 Å². The van der Waals surface area contributed by atoms with Crippen molar-refractivity contribution in [2.45, 2.75) is 12.5 Å². The van der Waals surface area contributed by atoms with Gasteiger partial charge in [0.1, 0.15) is 5.82 Å². The van der Waals surface area contributed by atoms with E-state index in [2.05, 4.69) is 20.3 Å². The summed E-state index contributed by atoms with van der Waals surface area (Å²) in [6, 6.07) is 8.98. The van der Waals surface area contributed by atoms with Crippen molar-refractivity contribution < 1.29 is 9.90 Å². The molecule has 3 heterocycles. The lowest BCUT2D eigenvalue weighted by Crippen LogP contribution is -2.35. The normalized spacial score (nSPS) is 17.4. The maximum atomic E-state index is 11.3. The SMILES string of the molecule is O=C(O)C1NCCc2[nH]c(-c3cccc4ncccc34)nc21. The van der Waals surface area contributed by atoms with Crippen LogP contribution in [0.4, 0.5) is 0 Å². The van der Waals surface area contributed by atoms with Crippen molar-refractivity contribution in [3.8, 4) is 11.4 Å². The lowest BCUT2D eigenvalue weighted by atomic mass is 10.1. The molecular weight excluding hydrogens is 280 g/mol. The summed E-state index contributed by atoms with van der Waals surface area (Å²) in [4.78, 5) is 23.5. The zero-order valence-corrected chi connectivity index (χ0v) is 11.7. The number of carboxylic acid groups (broad SMARTS) is 1. The van der Waals surface area contributed by atoms with Crippen molar-refractivity contribution in [2.24, 2.45) is 0 Å². The Balaban J connectivity index is 1.88. The molecule has 3 aromatic rings. The highest BCUT2D eigenvalue weighted by Gasteiger charge is 2.29. The Kier molecular flexibility index (Phi) is 2.90.